The van der Waals surface area contributed by atoms with Crippen LogP contribution in [0.15, 0.2) is 52.3 Å². The van der Waals surface area contributed by atoms with Gasteiger partial charge < -0.3 is 9.30 Å². The normalized spacial score (nSPS) is 22.2. The van der Waals surface area contributed by atoms with Crippen molar-refractivity contribution in [1.29, 1.82) is 5.26 Å². The lowest BCUT2D eigenvalue weighted by molar-refractivity contribution is -0.0506. The number of aromatic nitrogens is 1. The Bertz CT molecular complexity index is 852. The van der Waals surface area contributed by atoms with Crippen LogP contribution >= 0.6 is 11.8 Å². The molecule has 1 aromatic carbocycles. The fraction of sp³-hybridized carbons (Fsp3) is 0.400. The van der Waals surface area contributed by atoms with Gasteiger partial charge in [-0.25, -0.2) is 0 Å². The molecule has 2 aliphatic rings. The van der Waals surface area contributed by atoms with Gasteiger partial charge in [0, 0.05) is 6.20 Å². The lowest BCUT2D eigenvalue weighted by Gasteiger charge is -2.38. The Morgan fingerprint density at radius 3 is 2.64 bits per heavy atom. The topological polar surface area (TPSA) is 55.0 Å². The van der Waals surface area contributed by atoms with Gasteiger partial charge in [0.1, 0.15) is 5.40 Å². The molecule has 4 rings (SSSR count). The molecule has 1 aromatic heterocycles. The average Bonchev–Trinajstić information content (AvgIpc) is 3.43. The van der Waals surface area contributed by atoms with Gasteiger partial charge in [-0.15, -0.1) is 0 Å². The number of pyridine rings is 1. The van der Waals surface area contributed by atoms with Gasteiger partial charge in [0.15, 0.2) is 0 Å². The molecular weight excluding hydrogens is 332 g/mol. The fourth-order valence-electron chi connectivity index (χ4n) is 3.35. The lowest BCUT2D eigenvalue weighted by Crippen LogP contribution is -2.41. The van der Waals surface area contributed by atoms with E-state index in [1.807, 2.05) is 40.4 Å². The van der Waals surface area contributed by atoms with Crippen molar-refractivity contribution in [2.45, 2.75) is 55.2 Å². The average molecular weight is 352 g/mol. The summed E-state index contributed by atoms with van der Waals surface area (Å²) in [5, 5.41) is 11.0. The Morgan fingerprint density at radius 2 is 2.00 bits per heavy atom. The standard InChI is InChI=1S/C20H20N2O2S/c21-13-25-19-10-16(15-6-7-15)11-22(20(19)23)17-8-9-18(17)24-12-14-4-2-1-3-5-14/h1-5,10-11,15,17-18H,6-9,12H2/t17?,18-/m0/s1. The van der Waals surface area contributed by atoms with Gasteiger partial charge in [-0.1, -0.05) is 30.3 Å². The predicted molar refractivity (Wildman–Crippen MR) is 97.4 cm³/mol. The van der Waals surface area contributed by atoms with Crippen LogP contribution in [0.25, 0.3) is 0 Å². The highest BCUT2D eigenvalue weighted by Crippen LogP contribution is 2.42. The Kier molecular flexibility index (Phi) is 4.65. The molecule has 0 N–H and O–H groups in total. The van der Waals surface area contributed by atoms with Crippen LogP contribution in [0.1, 0.15) is 48.8 Å². The fourth-order valence-corrected chi connectivity index (χ4v) is 3.83. The van der Waals surface area contributed by atoms with E-state index in [0.717, 1.165) is 30.2 Å². The number of nitrogens with zero attached hydrogens (tertiary/aromatic N) is 2. The third-order valence-electron chi connectivity index (χ3n) is 5.08. The van der Waals surface area contributed by atoms with Crippen molar-refractivity contribution < 1.29 is 4.74 Å². The molecule has 2 aliphatic carbocycles. The summed E-state index contributed by atoms with van der Waals surface area (Å²) in [4.78, 5) is 13.3. The summed E-state index contributed by atoms with van der Waals surface area (Å²) in [5.41, 5.74) is 2.27. The SMILES string of the molecule is N#CSc1cc(C2CC2)cn(C2CC[C@@H]2OCc2ccccc2)c1=O. The van der Waals surface area contributed by atoms with E-state index in [-0.39, 0.29) is 17.7 Å². The first-order valence-corrected chi connectivity index (χ1v) is 9.55. The molecule has 2 aromatic rings. The molecule has 25 heavy (non-hydrogen) atoms. The minimum Gasteiger partial charge on any atom is -0.371 e. The van der Waals surface area contributed by atoms with Gasteiger partial charge in [0.2, 0.25) is 0 Å². The van der Waals surface area contributed by atoms with Crippen molar-refractivity contribution in [2.75, 3.05) is 0 Å². The van der Waals surface area contributed by atoms with Crippen molar-refractivity contribution >= 4 is 11.8 Å². The number of hydrogen-bond donors (Lipinski definition) is 0. The van der Waals surface area contributed by atoms with Gasteiger partial charge in [0.25, 0.3) is 5.56 Å². The van der Waals surface area contributed by atoms with E-state index in [1.54, 1.807) is 0 Å². The van der Waals surface area contributed by atoms with Crippen LogP contribution in [0.5, 0.6) is 0 Å². The highest BCUT2D eigenvalue weighted by molar-refractivity contribution is 8.03. The minimum atomic E-state index is -0.0611. The smallest absolute Gasteiger partial charge is 0.265 e. The van der Waals surface area contributed by atoms with Crippen LogP contribution in [-0.4, -0.2) is 10.7 Å². The van der Waals surface area contributed by atoms with E-state index in [4.69, 9.17) is 10.00 Å². The quantitative estimate of drug-likeness (QED) is 0.577. The third kappa shape index (κ3) is 3.51. The monoisotopic (exact) mass is 352 g/mol. The predicted octanol–water partition coefficient (Wildman–Crippen LogP) is 4.22. The molecule has 0 spiro atoms. The number of rotatable bonds is 6. The number of ether oxygens (including phenoxy) is 1. The van der Waals surface area contributed by atoms with Crippen LogP contribution < -0.4 is 5.56 Å². The van der Waals surface area contributed by atoms with Crippen molar-refractivity contribution in [1.82, 2.24) is 4.57 Å². The van der Waals surface area contributed by atoms with Crippen molar-refractivity contribution in [3.8, 4) is 5.40 Å². The largest absolute Gasteiger partial charge is 0.371 e. The van der Waals surface area contributed by atoms with E-state index in [0.29, 0.717) is 17.4 Å². The molecule has 128 valence electrons. The van der Waals surface area contributed by atoms with Crippen LogP contribution in [0, 0.1) is 10.7 Å². The van der Waals surface area contributed by atoms with Crippen LogP contribution in [0.2, 0.25) is 0 Å². The molecule has 2 atom stereocenters. The third-order valence-corrected chi connectivity index (χ3v) is 5.68. The second-order valence-electron chi connectivity index (χ2n) is 6.80. The maximum absolute atomic E-state index is 12.7. The summed E-state index contributed by atoms with van der Waals surface area (Å²) in [6.07, 6.45) is 6.33. The van der Waals surface area contributed by atoms with Crippen LogP contribution in [0.3, 0.4) is 0 Å². The molecule has 2 saturated carbocycles. The molecular formula is C20H20N2O2S. The number of hydrogen-bond acceptors (Lipinski definition) is 4. The molecule has 5 heteroatoms. The second kappa shape index (κ2) is 7.07. The van der Waals surface area contributed by atoms with Gasteiger partial charge in [-0.2, -0.15) is 5.26 Å². The van der Waals surface area contributed by atoms with E-state index < -0.39 is 0 Å². The molecule has 0 amide bonds. The molecule has 2 fully saturated rings. The van der Waals surface area contributed by atoms with Crippen molar-refractivity contribution in [3.05, 3.63) is 64.1 Å². The van der Waals surface area contributed by atoms with Gasteiger partial charge >= 0.3 is 0 Å². The molecule has 1 heterocycles. The Labute approximate surface area is 151 Å². The summed E-state index contributed by atoms with van der Waals surface area (Å²) in [7, 11) is 0. The zero-order chi connectivity index (χ0) is 17.2. The Hall–Kier alpha value is -2.03. The molecule has 0 bridgehead atoms. The Morgan fingerprint density at radius 1 is 1.20 bits per heavy atom. The zero-order valence-corrected chi connectivity index (χ0v) is 14.7. The van der Waals surface area contributed by atoms with Gasteiger partial charge in [0.05, 0.1) is 23.6 Å². The summed E-state index contributed by atoms with van der Waals surface area (Å²) >= 11 is 0.970. The molecule has 0 saturated heterocycles. The lowest BCUT2D eigenvalue weighted by atomic mass is 9.88. The first kappa shape index (κ1) is 16.4. The van der Waals surface area contributed by atoms with Crippen LogP contribution in [0.4, 0.5) is 0 Å². The summed E-state index contributed by atoms with van der Waals surface area (Å²) in [6.45, 7) is 0.568. The highest BCUT2D eigenvalue weighted by Gasteiger charge is 2.35. The maximum Gasteiger partial charge on any atom is 0.265 e. The summed E-state index contributed by atoms with van der Waals surface area (Å²) < 4.78 is 7.90. The summed E-state index contributed by atoms with van der Waals surface area (Å²) in [6, 6.07) is 12.1. The number of thioether (sulfide) groups is 1. The second-order valence-corrected chi connectivity index (χ2v) is 7.62. The number of thiocyanates is 1. The number of nitriles is 1. The molecule has 4 nitrogen and oxygen atoms in total. The van der Waals surface area contributed by atoms with Gasteiger partial charge in [-0.05, 0) is 60.6 Å². The Balaban J connectivity index is 1.54. The zero-order valence-electron chi connectivity index (χ0n) is 13.9. The van der Waals surface area contributed by atoms with Crippen LogP contribution in [-0.2, 0) is 11.3 Å². The van der Waals surface area contributed by atoms with Gasteiger partial charge in [-0.3, -0.25) is 4.79 Å². The van der Waals surface area contributed by atoms with E-state index in [2.05, 4.69) is 12.1 Å². The maximum atomic E-state index is 12.7. The van der Waals surface area contributed by atoms with Crippen molar-refractivity contribution in [2.24, 2.45) is 0 Å². The van der Waals surface area contributed by atoms with E-state index >= 15 is 0 Å². The first-order chi connectivity index (χ1) is 12.3. The van der Waals surface area contributed by atoms with E-state index in [1.165, 1.54) is 18.4 Å². The minimum absolute atomic E-state index is 0.0611. The highest BCUT2D eigenvalue weighted by atomic mass is 32.2. The molecule has 1 unspecified atom stereocenters. The number of benzene rings is 1. The molecule has 0 radical (unpaired) electrons. The summed E-state index contributed by atoms with van der Waals surface area (Å²) in [5.74, 6) is 0.550. The van der Waals surface area contributed by atoms with Crippen molar-refractivity contribution in [3.63, 3.8) is 0 Å². The van der Waals surface area contributed by atoms with E-state index in [9.17, 15) is 4.79 Å². The first-order valence-electron chi connectivity index (χ1n) is 8.74. The molecule has 0 aliphatic heterocycles.